The van der Waals surface area contributed by atoms with Crippen LogP contribution in [0.1, 0.15) is 53.9 Å². The molecular weight excluding hydrogens is 443 g/mol. The van der Waals surface area contributed by atoms with Crippen LogP contribution in [0.15, 0.2) is 66.7 Å². The van der Waals surface area contributed by atoms with E-state index in [1.54, 1.807) is 11.0 Å². The van der Waals surface area contributed by atoms with Crippen molar-refractivity contribution < 1.29 is 19.0 Å². The predicted octanol–water partition coefficient (Wildman–Crippen LogP) is 5.46. The number of amides is 1. The first-order valence-corrected chi connectivity index (χ1v) is 12.0. The first-order chi connectivity index (χ1) is 17.0. The summed E-state index contributed by atoms with van der Waals surface area (Å²) in [6.07, 6.45) is 1.83. The highest BCUT2D eigenvalue weighted by molar-refractivity contribution is 5.79. The number of carbonyl (C=O) groups is 1. The SMILES string of the molecule is N#Cc1ccc(C2(O)CC3CCC(C2)N3C(=O)OCC2c3ccccc3-c3ccccc32)cc1F. The fraction of sp³-hybridized carbons (Fsp3) is 0.310. The van der Waals surface area contributed by atoms with Crippen molar-refractivity contribution in [3.8, 4) is 17.2 Å². The lowest BCUT2D eigenvalue weighted by Crippen LogP contribution is -2.52. The predicted molar refractivity (Wildman–Crippen MR) is 128 cm³/mol. The van der Waals surface area contributed by atoms with Gasteiger partial charge in [0, 0.05) is 30.8 Å². The molecular formula is C29H25FN2O3. The first kappa shape index (κ1) is 21.8. The largest absolute Gasteiger partial charge is 0.448 e. The molecule has 0 aromatic heterocycles. The number of hydrogen-bond acceptors (Lipinski definition) is 4. The third-order valence-corrected chi connectivity index (χ3v) is 7.94. The van der Waals surface area contributed by atoms with E-state index in [2.05, 4.69) is 24.3 Å². The van der Waals surface area contributed by atoms with Crippen LogP contribution in [0.2, 0.25) is 0 Å². The van der Waals surface area contributed by atoms with Gasteiger partial charge < -0.3 is 14.7 Å². The molecule has 6 heteroatoms. The number of nitrogens with zero attached hydrogens (tertiary/aromatic N) is 2. The van der Waals surface area contributed by atoms with Gasteiger partial charge in [0.15, 0.2) is 0 Å². The van der Waals surface area contributed by atoms with E-state index in [0.29, 0.717) is 18.4 Å². The summed E-state index contributed by atoms with van der Waals surface area (Å²) < 4.78 is 20.1. The monoisotopic (exact) mass is 468 g/mol. The number of halogens is 1. The Labute approximate surface area is 203 Å². The highest BCUT2D eigenvalue weighted by Gasteiger charge is 2.51. The van der Waals surface area contributed by atoms with Crippen LogP contribution in [0.4, 0.5) is 9.18 Å². The third kappa shape index (κ3) is 3.50. The maximum absolute atomic E-state index is 14.2. The van der Waals surface area contributed by atoms with Gasteiger partial charge in [0.25, 0.3) is 0 Å². The molecule has 0 spiro atoms. The van der Waals surface area contributed by atoms with Crippen LogP contribution in [0.3, 0.4) is 0 Å². The van der Waals surface area contributed by atoms with Gasteiger partial charge in [-0.1, -0.05) is 54.6 Å². The molecule has 6 rings (SSSR count). The summed E-state index contributed by atoms with van der Waals surface area (Å²) in [6, 6.07) is 22.2. The van der Waals surface area contributed by atoms with E-state index in [0.717, 1.165) is 12.8 Å². The number of carbonyl (C=O) groups excluding carboxylic acids is 1. The smallest absolute Gasteiger partial charge is 0.410 e. The van der Waals surface area contributed by atoms with Gasteiger partial charge in [-0.3, -0.25) is 0 Å². The third-order valence-electron chi connectivity index (χ3n) is 7.94. The maximum Gasteiger partial charge on any atom is 0.410 e. The topological polar surface area (TPSA) is 73.6 Å². The van der Waals surface area contributed by atoms with Crippen molar-refractivity contribution in [2.45, 2.75) is 49.3 Å². The minimum atomic E-state index is -1.24. The Bertz CT molecular complexity index is 1300. The molecule has 2 heterocycles. The normalized spacial score (nSPS) is 24.5. The van der Waals surface area contributed by atoms with Gasteiger partial charge >= 0.3 is 6.09 Å². The molecule has 5 nitrogen and oxygen atoms in total. The summed E-state index contributed by atoms with van der Waals surface area (Å²) in [6.45, 7) is 0.258. The number of fused-ring (bicyclic) bond motifs is 5. The zero-order valence-electron chi connectivity index (χ0n) is 19.2. The summed E-state index contributed by atoms with van der Waals surface area (Å²) in [5.74, 6) is -0.642. The van der Waals surface area contributed by atoms with Gasteiger partial charge in [-0.15, -0.1) is 0 Å². The number of rotatable bonds is 3. The van der Waals surface area contributed by atoms with Crippen molar-refractivity contribution in [1.29, 1.82) is 5.26 Å². The lowest BCUT2D eigenvalue weighted by atomic mass is 9.80. The molecule has 1 amide bonds. The van der Waals surface area contributed by atoms with E-state index in [-0.39, 0.29) is 36.3 Å². The molecule has 1 aliphatic carbocycles. The summed E-state index contributed by atoms with van der Waals surface area (Å²) in [7, 11) is 0. The Hall–Kier alpha value is -3.69. The average molecular weight is 469 g/mol. The molecule has 1 N–H and O–H groups in total. The molecule has 2 unspecified atom stereocenters. The number of aliphatic hydroxyl groups is 1. The number of hydrogen-bond donors (Lipinski definition) is 1. The second-order valence-corrected chi connectivity index (χ2v) is 9.84. The summed E-state index contributed by atoms with van der Waals surface area (Å²) in [4.78, 5) is 15.0. The van der Waals surface area contributed by atoms with Crippen molar-refractivity contribution in [1.82, 2.24) is 4.90 Å². The second-order valence-electron chi connectivity index (χ2n) is 9.84. The second kappa shape index (κ2) is 8.21. The fourth-order valence-electron chi connectivity index (χ4n) is 6.32. The number of benzene rings is 3. The Kier molecular flexibility index (Phi) is 5.12. The van der Waals surface area contributed by atoms with Gasteiger partial charge in [-0.25, -0.2) is 9.18 Å². The first-order valence-electron chi connectivity index (χ1n) is 12.0. The van der Waals surface area contributed by atoms with Crippen molar-refractivity contribution in [2.24, 2.45) is 0 Å². The zero-order chi connectivity index (χ0) is 24.2. The van der Waals surface area contributed by atoms with Crippen LogP contribution in [0.25, 0.3) is 11.1 Å². The van der Waals surface area contributed by atoms with Crippen molar-refractivity contribution in [3.63, 3.8) is 0 Å². The molecule has 2 atom stereocenters. The summed E-state index contributed by atoms with van der Waals surface area (Å²) in [5.41, 5.74) is 3.87. The van der Waals surface area contributed by atoms with Crippen molar-refractivity contribution in [3.05, 3.63) is 94.8 Å². The Morgan fingerprint density at radius 3 is 2.20 bits per heavy atom. The van der Waals surface area contributed by atoms with Crippen LogP contribution in [-0.4, -0.2) is 34.8 Å². The number of ether oxygens (including phenoxy) is 1. The standard InChI is InChI=1S/C29H25FN2O3/c30-27-13-19(10-9-18(27)16-31)29(34)14-20-11-12-21(15-29)32(20)28(33)35-17-26-24-7-3-1-5-22(24)23-6-2-4-8-25(23)26/h1-10,13,20-21,26,34H,11-12,14-15,17H2. The van der Waals surface area contributed by atoms with Crippen LogP contribution >= 0.6 is 0 Å². The molecule has 3 aliphatic rings. The van der Waals surface area contributed by atoms with E-state index in [4.69, 9.17) is 10.00 Å². The molecule has 2 bridgehead atoms. The summed E-state index contributed by atoms with van der Waals surface area (Å²) in [5, 5.41) is 20.4. The van der Waals surface area contributed by atoms with E-state index in [1.165, 1.54) is 34.4 Å². The Morgan fingerprint density at radius 2 is 1.63 bits per heavy atom. The molecule has 3 aromatic carbocycles. The van der Waals surface area contributed by atoms with E-state index >= 15 is 0 Å². The van der Waals surface area contributed by atoms with Gasteiger partial charge in [0.05, 0.1) is 11.2 Å². The number of nitriles is 1. The molecule has 0 radical (unpaired) electrons. The molecule has 0 saturated carbocycles. The highest BCUT2D eigenvalue weighted by atomic mass is 19.1. The van der Waals surface area contributed by atoms with Crippen LogP contribution in [0, 0.1) is 17.1 Å². The minimum Gasteiger partial charge on any atom is -0.448 e. The minimum absolute atomic E-state index is 0.00708. The zero-order valence-corrected chi connectivity index (χ0v) is 19.2. The Balaban J connectivity index is 1.18. The Morgan fingerprint density at radius 1 is 1.03 bits per heavy atom. The lowest BCUT2D eigenvalue weighted by molar-refractivity contribution is -0.0533. The average Bonchev–Trinajstić information content (AvgIpc) is 3.34. The lowest BCUT2D eigenvalue weighted by Gasteiger charge is -2.43. The van der Waals surface area contributed by atoms with E-state index in [9.17, 15) is 14.3 Å². The number of piperidine rings is 1. The van der Waals surface area contributed by atoms with Gasteiger partial charge in [0.1, 0.15) is 18.5 Å². The molecule has 2 fully saturated rings. The molecule has 3 aromatic rings. The van der Waals surface area contributed by atoms with E-state index in [1.807, 2.05) is 30.3 Å². The van der Waals surface area contributed by atoms with Crippen molar-refractivity contribution in [2.75, 3.05) is 6.61 Å². The molecule has 176 valence electrons. The van der Waals surface area contributed by atoms with Crippen LogP contribution < -0.4 is 0 Å². The van der Waals surface area contributed by atoms with Gasteiger partial charge in [-0.05, 0) is 52.8 Å². The quantitative estimate of drug-likeness (QED) is 0.554. The summed E-state index contributed by atoms with van der Waals surface area (Å²) >= 11 is 0. The molecule has 2 saturated heterocycles. The van der Waals surface area contributed by atoms with Crippen molar-refractivity contribution >= 4 is 6.09 Å². The van der Waals surface area contributed by atoms with Crippen LogP contribution in [0.5, 0.6) is 0 Å². The maximum atomic E-state index is 14.2. The molecule has 2 aliphatic heterocycles. The fourth-order valence-corrected chi connectivity index (χ4v) is 6.32. The van der Waals surface area contributed by atoms with Crippen LogP contribution in [-0.2, 0) is 10.3 Å². The van der Waals surface area contributed by atoms with Gasteiger partial charge in [-0.2, -0.15) is 5.26 Å². The molecule has 35 heavy (non-hydrogen) atoms. The van der Waals surface area contributed by atoms with Gasteiger partial charge in [0.2, 0.25) is 0 Å². The highest BCUT2D eigenvalue weighted by Crippen LogP contribution is 2.47. The van der Waals surface area contributed by atoms with E-state index < -0.39 is 11.4 Å².